The SMILES string of the molecule is CCCC(C(=O)NC(C)CC(O)c1cccs1)N(C)C. The monoisotopic (exact) mass is 298 g/mol. The van der Waals surface area contributed by atoms with Gasteiger partial charge in [-0.1, -0.05) is 19.4 Å². The van der Waals surface area contributed by atoms with E-state index in [9.17, 15) is 9.90 Å². The Morgan fingerprint density at radius 1 is 1.50 bits per heavy atom. The van der Waals surface area contributed by atoms with Gasteiger partial charge in [0.1, 0.15) is 0 Å². The number of thiophene rings is 1. The van der Waals surface area contributed by atoms with Gasteiger partial charge in [0.2, 0.25) is 5.91 Å². The normalized spacial score (nSPS) is 15.9. The number of carbonyl (C=O) groups excluding carboxylic acids is 1. The van der Waals surface area contributed by atoms with Crippen LogP contribution in [-0.4, -0.2) is 42.1 Å². The predicted molar refractivity (Wildman–Crippen MR) is 83.9 cm³/mol. The lowest BCUT2D eigenvalue weighted by atomic mass is 10.1. The van der Waals surface area contributed by atoms with Crippen LogP contribution in [0.4, 0.5) is 0 Å². The fourth-order valence-electron chi connectivity index (χ4n) is 2.23. The fraction of sp³-hybridized carbons (Fsp3) is 0.667. The van der Waals surface area contributed by atoms with Crippen molar-refractivity contribution in [2.24, 2.45) is 0 Å². The Morgan fingerprint density at radius 2 is 2.20 bits per heavy atom. The molecule has 1 heterocycles. The van der Waals surface area contributed by atoms with Gasteiger partial charge in [0.15, 0.2) is 0 Å². The van der Waals surface area contributed by atoms with Crippen LogP contribution in [0.2, 0.25) is 0 Å². The van der Waals surface area contributed by atoms with Gasteiger partial charge in [-0.3, -0.25) is 9.69 Å². The zero-order chi connectivity index (χ0) is 15.1. The van der Waals surface area contributed by atoms with Gasteiger partial charge in [-0.15, -0.1) is 11.3 Å². The molecule has 1 rings (SSSR count). The van der Waals surface area contributed by atoms with Gasteiger partial charge in [-0.25, -0.2) is 0 Å². The van der Waals surface area contributed by atoms with E-state index in [2.05, 4.69) is 12.2 Å². The Labute approximate surface area is 125 Å². The molecule has 0 saturated heterocycles. The molecule has 114 valence electrons. The van der Waals surface area contributed by atoms with Crippen LogP contribution in [0, 0.1) is 0 Å². The summed E-state index contributed by atoms with van der Waals surface area (Å²) >= 11 is 1.54. The molecule has 0 radical (unpaired) electrons. The van der Waals surface area contributed by atoms with Crippen molar-refractivity contribution in [3.05, 3.63) is 22.4 Å². The minimum atomic E-state index is -0.505. The van der Waals surface area contributed by atoms with Crippen LogP contribution in [0.1, 0.15) is 44.1 Å². The smallest absolute Gasteiger partial charge is 0.237 e. The first-order valence-electron chi connectivity index (χ1n) is 7.14. The Kier molecular flexibility index (Phi) is 7.19. The van der Waals surface area contributed by atoms with E-state index in [-0.39, 0.29) is 18.0 Å². The number of nitrogens with one attached hydrogen (secondary N) is 1. The van der Waals surface area contributed by atoms with Crippen LogP contribution in [0.25, 0.3) is 0 Å². The standard InChI is InChI=1S/C15H26N2O2S/c1-5-7-12(17(3)4)15(19)16-11(2)10-13(18)14-8-6-9-20-14/h6,8-9,11-13,18H,5,7,10H2,1-4H3,(H,16,19). The number of aliphatic hydroxyl groups excluding tert-OH is 1. The van der Waals surface area contributed by atoms with Crippen LogP contribution in [-0.2, 0) is 4.79 Å². The number of likely N-dealkylation sites (N-methyl/N-ethyl adjacent to an activating group) is 1. The minimum Gasteiger partial charge on any atom is -0.387 e. The summed E-state index contributed by atoms with van der Waals surface area (Å²) in [5.74, 6) is 0.0442. The van der Waals surface area contributed by atoms with Gasteiger partial charge in [0.05, 0.1) is 12.1 Å². The number of nitrogens with zero attached hydrogens (tertiary/aromatic N) is 1. The molecule has 1 aromatic heterocycles. The van der Waals surface area contributed by atoms with Gasteiger partial charge in [-0.05, 0) is 45.3 Å². The third kappa shape index (κ3) is 5.23. The van der Waals surface area contributed by atoms with Crippen molar-refractivity contribution >= 4 is 17.2 Å². The molecule has 2 N–H and O–H groups in total. The molecule has 0 aliphatic carbocycles. The van der Waals surface area contributed by atoms with E-state index in [4.69, 9.17) is 0 Å². The van der Waals surface area contributed by atoms with Crippen LogP contribution in [0.15, 0.2) is 17.5 Å². The van der Waals surface area contributed by atoms with E-state index in [1.165, 1.54) is 0 Å². The second-order valence-electron chi connectivity index (χ2n) is 5.44. The number of hydrogen-bond acceptors (Lipinski definition) is 4. The van der Waals surface area contributed by atoms with Crippen molar-refractivity contribution in [3.8, 4) is 0 Å². The molecule has 5 heteroatoms. The fourth-order valence-corrected chi connectivity index (χ4v) is 2.95. The second kappa shape index (κ2) is 8.39. The van der Waals surface area contributed by atoms with E-state index < -0.39 is 6.10 Å². The molecule has 0 bridgehead atoms. The number of amides is 1. The summed E-state index contributed by atoms with van der Waals surface area (Å²) in [6.45, 7) is 4.02. The highest BCUT2D eigenvalue weighted by Gasteiger charge is 2.22. The Bertz CT molecular complexity index is 393. The molecule has 20 heavy (non-hydrogen) atoms. The quantitative estimate of drug-likeness (QED) is 0.775. The number of hydrogen-bond donors (Lipinski definition) is 2. The van der Waals surface area contributed by atoms with E-state index in [0.29, 0.717) is 6.42 Å². The summed E-state index contributed by atoms with van der Waals surface area (Å²) in [6, 6.07) is 3.71. The molecule has 0 fully saturated rings. The number of aliphatic hydroxyl groups is 1. The minimum absolute atomic E-state index is 0.0427. The van der Waals surface area contributed by atoms with E-state index in [1.807, 2.05) is 43.4 Å². The lowest BCUT2D eigenvalue weighted by molar-refractivity contribution is -0.126. The van der Waals surface area contributed by atoms with E-state index in [1.54, 1.807) is 11.3 Å². The molecule has 1 aromatic rings. The van der Waals surface area contributed by atoms with Crippen molar-refractivity contribution < 1.29 is 9.90 Å². The second-order valence-corrected chi connectivity index (χ2v) is 6.42. The van der Waals surface area contributed by atoms with E-state index in [0.717, 1.165) is 17.7 Å². The molecule has 0 spiro atoms. The predicted octanol–water partition coefficient (Wildman–Crippen LogP) is 2.41. The van der Waals surface area contributed by atoms with Crippen molar-refractivity contribution in [1.29, 1.82) is 0 Å². The summed E-state index contributed by atoms with van der Waals surface area (Å²) in [5.41, 5.74) is 0. The van der Waals surface area contributed by atoms with Gasteiger partial charge < -0.3 is 10.4 Å². The molecule has 1 amide bonds. The highest BCUT2D eigenvalue weighted by atomic mass is 32.1. The maximum atomic E-state index is 12.2. The maximum absolute atomic E-state index is 12.2. The van der Waals surface area contributed by atoms with Crippen molar-refractivity contribution in [2.75, 3.05) is 14.1 Å². The van der Waals surface area contributed by atoms with E-state index >= 15 is 0 Å². The molecule has 0 aromatic carbocycles. The zero-order valence-electron chi connectivity index (χ0n) is 12.8. The average molecular weight is 298 g/mol. The Hall–Kier alpha value is -0.910. The summed E-state index contributed by atoms with van der Waals surface area (Å²) in [4.78, 5) is 15.1. The first-order chi connectivity index (χ1) is 9.45. The van der Waals surface area contributed by atoms with Crippen molar-refractivity contribution in [3.63, 3.8) is 0 Å². The maximum Gasteiger partial charge on any atom is 0.237 e. The third-order valence-corrected chi connectivity index (χ3v) is 4.30. The molecule has 3 unspecified atom stereocenters. The molecule has 0 aliphatic rings. The summed E-state index contributed by atoms with van der Waals surface area (Å²) in [5, 5.41) is 15.0. The highest BCUT2D eigenvalue weighted by molar-refractivity contribution is 7.10. The largest absolute Gasteiger partial charge is 0.387 e. The van der Waals surface area contributed by atoms with Gasteiger partial charge in [-0.2, -0.15) is 0 Å². The number of rotatable bonds is 8. The Morgan fingerprint density at radius 3 is 2.70 bits per heavy atom. The first kappa shape index (κ1) is 17.1. The van der Waals surface area contributed by atoms with Crippen molar-refractivity contribution in [2.45, 2.75) is 51.3 Å². The van der Waals surface area contributed by atoms with Crippen molar-refractivity contribution in [1.82, 2.24) is 10.2 Å². The summed E-state index contributed by atoms with van der Waals surface area (Å²) in [7, 11) is 3.84. The molecular formula is C15H26N2O2S. The van der Waals surface area contributed by atoms with Gasteiger partial charge >= 0.3 is 0 Å². The summed E-state index contributed by atoms with van der Waals surface area (Å²) < 4.78 is 0. The third-order valence-electron chi connectivity index (χ3n) is 3.33. The van der Waals surface area contributed by atoms with Gasteiger partial charge in [0.25, 0.3) is 0 Å². The highest BCUT2D eigenvalue weighted by Crippen LogP contribution is 2.22. The summed E-state index contributed by atoms with van der Waals surface area (Å²) in [6.07, 6.45) is 1.86. The lowest BCUT2D eigenvalue weighted by Crippen LogP contribution is -2.46. The Balaban J connectivity index is 2.48. The van der Waals surface area contributed by atoms with Crippen LogP contribution >= 0.6 is 11.3 Å². The molecule has 0 saturated carbocycles. The first-order valence-corrected chi connectivity index (χ1v) is 8.01. The molecule has 0 aliphatic heterocycles. The zero-order valence-corrected chi connectivity index (χ0v) is 13.6. The van der Waals surface area contributed by atoms with Crippen LogP contribution in [0.3, 0.4) is 0 Å². The van der Waals surface area contributed by atoms with Crippen LogP contribution < -0.4 is 5.32 Å². The number of carbonyl (C=O) groups is 1. The lowest BCUT2D eigenvalue weighted by Gasteiger charge is -2.25. The molecular weight excluding hydrogens is 272 g/mol. The molecule has 3 atom stereocenters. The van der Waals surface area contributed by atoms with Crippen LogP contribution in [0.5, 0.6) is 0 Å². The topological polar surface area (TPSA) is 52.6 Å². The van der Waals surface area contributed by atoms with Gasteiger partial charge in [0, 0.05) is 10.9 Å². The average Bonchev–Trinajstić information content (AvgIpc) is 2.88. The molecule has 4 nitrogen and oxygen atoms in total.